The van der Waals surface area contributed by atoms with Crippen molar-refractivity contribution >= 4 is 17.6 Å². The first kappa shape index (κ1) is 29.3. The van der Waals surface area contributed by atoms with Crippen molar-refractivity contribution in [1.29, 1.82) is 0 Å². The van der Waals surface area contributed by atoms with E-state index >= 15 is 0 Å². The molecule has 3 aromatic rings. The van der Waals surface area contributed by atoms with Gasteiger partial charge in [0, 0.05) is 11.1 Å². The van der Waals surface area contributed by atoms with Crippen LogP contribution in [0.3, 0.4) is 0 Å². The van der Waals surface area contributed by atoms with Crippen LogP contribution in [-0.2, 0) is 0 Å². The molecule has 1 aromatic heterocycles. The van der Waals surface area contributed by atoms with Gasteiger partial charge in [0.1, 0.15) is 17.2 Å². The highest BCUT2D eigenvalue weighted by Gasteiger charge is 2.54. The molecule has 16 heteroatoms. The first-order chi connectivity index (χ1) is 18.2. The molecule has 1 heterocycles. The lowest BCUT2D eigenvalue weighted by Gasteiger charge is -2.31. The predicted octanol–water partition coefficient (Wildman–Crippen LogP) is 3.92. The van der Waals surface area contributed by atoms with Crippen LogP contribution in [-0.4, -0.2) is 51.6 Å². The largest absolute Gasteiger partial charge is 0.420 e. The molecule has 2 aromatic carbocycles. The number of aromatic nitrogens is 2. The highest BCUT2D eigenvalue weighted by atomic mass is 19.4. The fourth-order valence-corrected chi connectivity index (χ4v) is 3.44. The number of carbonyl (C=O) groups excluding carboxylic acids is 2. The van der Waals surface area contributed by atoms with Gasteiger partial charge in [0.05, 0.1) is 30.5 Å². The van der Waals surface area contributed by atoms with E-state index < -0.39 is 77.6 Å². The van der Waals surface area contributed by atoms with Crippen molar-refractivity contribution in [1.82, 2.24) is 20.4 Å². The van der Waals surface area contributed by atoms with Crippen molar-refractivity contribution in [2.75, 3.05) is 18.8 Å². The summed E-state index contributed by atoms with van der Waals surface area (Å²) in [6.45, 7) is -3.25. The summed E-state index contributed by atoms with van der Waals surface area (Å²) in [4.78, 5) is 24.9. The van der Waals surface area contributed by atoms with E-state index in [1.165, 1.54) is 12.1 Å². The minimum Gasteiger partial charge on any atom is -0.383 e. The molecule has 0 spiro atoms. The summed E-state index contributed by atoms with van der Waals surface area (Å²) >= 11 is 0. The Morgan fingerprint density at radius 2 is 1.44 bits per heavy atom. The van der Waals surface area contributed by atoms with Gasteiger partial charge in [-0.2, -0.15) is 18.3 Å². The first-order valence-corrected chi connectivity index (χ1v) is 10.8. The van der Waals surface area contributed by atoms with Crippen LogP contribution in [0.15, 0.2) is 48.7 Å². The summed E-state index contributed by atoms with van der Waals surface area (Å²) in [5, 5.41) is 17.4. The number of hydrogen-bond donors (Lipinski definition) is 4. The van der Waals surface area contributed by atoms with Crippen molar-refractivity contribution in [2.45, 2.75) is 24.6 Å². The molecule has 0 saturated carbocycles. The topological polar surface area (TPSA) is 122 Å². The second-order valence-electron chi connectivity index (χ2n) is 8.14. The second-order valence-corrected chi connectivity index (χ2v) is 8.14. The van der Waals surface area contributed by atoms with E-state index in [1.54, 1.807) is 10.6 Å². The second kappa shape index (κ2) is 11.3. The molecule has 210 valence electrons. The number of nitrogens with two attached hydrogens (primary N) is 1. The summed E-state index contributed by atoms with van der Waals surface area (Å²) in [5.41, 5.74) is -1.77. The maximum Gasteiger partial charge on any atom is 0.420 e. The molecule has 3 rings (SSSR count). The molecular formula is C23H19F8N5O3. The number of halogens is 8. The van der Waals surface area contributed by atoms with Gasteiger partial charge < -0.3 is 21.5 Å². The highest BCUT2D eigenvalue weighted by molar-refractivity contribution is 5.99. The molecule has 2 amide bonds. The Labute approximate surface area is 214 Å². The Morgan fingerprint density at radius 1 is 0.923 bits per heavy atom. The van der Waals surface area contributed by atoms with Crippen molar-refractivity contribution in [3.8, 4) is 5.69 Å². The van der Waals surface area contributed by atoms with Gasteiger partial charge in [-0.15, -0.1) is 0 Å². The number of benzene rings is 2. The van der Waals surface area contributed by atoms with E-state index in [0.717, 1.165) is 29.1 Å². The molecule has 8 nitrogen and oxygen atoms in total. The smallest absolute Gasteiger partial charge is 0.383 e. The van der Waals surface area contributed by atoms with Gasteiger partial charge in [0.25, 0.3) is 24.7 Å². The van der Waals surface area contributed by atoms with Crippen LogP contribution in [0.5, 0.6) is 0 Å². The number of nitrogens with zero attached hydrogens (tertiary/aromatic N) is 2. The van der Waals surface area contributed by atoms with Crippen molar-refractivity contribution in [2.24, 2.45) is 0 Å². The van der Waals surface area contributed by atoms with Crippen LogP contribution in [0.4, 0.5) is 40.9 Å². The zero-order chi connectivity index (χ0) is 29.1. The predicted molar refractivity (Wildman–Crippen MR) is 120 cm³/mol. The SMILES string of the molecule is Nc1c(C(=O)NC[C@](O)(CNC(=O)c2c(C(F)F)cccc2C(F)F)C(F)(F)F)cnn1-c1ccc(F)cc1. The third-order valence-corrected chi connectivity index (χ3v) is 5.56. The Bertz CT molecular complexity index is 1320. The number of aliphatic hydroxyl groups is 1. The van der Waals surface area contributed by atoms with Crippen LogP contribution in [0.1, 0.15) is 44.7 Å². The number of amides is 2. The average Bonchev–Trinajstić information content (AvgIpc) is 3.26. The summed E-state index contributed by atoms with van der Waals surface area (Å²) in [5.74, 6) is -3.87. The zero-order valence-electron chi connectivity index (χ0n) is 19.4. The Morgan fingerprint density at radius 3 is 1.92 bits per heavy atom. The number of alkyl halides is 7. The maximum absolute atomic E-state index is 13.7. The number of carbonyl (C=O) groups is 2. The molecule has 0 unspecified atom stereocenters. The van der Waals surface area contributed by atoms with E-state index in [2.05, 4.69) is 5.10 Å². The monoisotopic (exact) mass is 565 g/mol. The van der Waals surface area contributed by atoms with E-state index in [1.807, 2.05) is 0 Å². The summed E-state index contributed by atoms with van der Waals surface area (Å²) in [6, 6.07) is 6.78. The number of nitrogens with one attached hydrogen (secondary N) is 2. The summed E-state index contributed by atoms with van der Waals surface area (Å²) < 4.78 is 108. The zero-order valence-corrected chi connectivity index (χ0v) is 19.4. The van der Waals surface area contributed by atoms with Gasteiger partial charge in [-0.3, -0.25) is 9.59 Å². The van der Waals surface area contributed by atoms with Gasteiger partial charge in [-0.1, -0.05) is 18.2 Å². The van der Waals surface area contributed by atoms with Gasteiger partial charge >= 0.3 is 6.18 Å². The lowest BCUT2D eigenvalue weighted by molar-refractivity contribution is -0.254. The van der Waals surface area contributed by atoms with E-state index in [0.29, 0.717) is 12.1 Å². The van der Waals surface area contributed by atoms with Crippen LogP contribution in [0.2, 0.25) is 0 Å². The minimum atomic E-state index is -5.49. The van der Waals surface area contributed by atoms with Crippen molar-refractivity contribution in [3.05, 3.63) is 76.7 Å². The van der Waals surface area contributed by atoms with E-state index in [9.17, 15) is 49.8 Å². The highest BCUT2D eigenvalue weighted by Crippen LogP contribution is 2.32. The lowest BCUT2D eigenvalue weighted by Crippen LogP contribution is -2.59. The minimum absolute atomic E-state index is 0.217. The molecule has 0 radical (unpaired) electrons. The van der Waals surface area contributed by atoms with Gasteiger partial charge in [-0.05, 0) is 24.3 Å². The Kier molecular flexibility index (Phi) is 8.48. The van der Waals surface area contributed by atoms with Gasteiger partial charge in [0.15, 0.2) is 5.60 Å². The molecule has 0 fully saturated rings. The quantitative estimate of drug-likeness (QED) is 0.293. The molecule has 1 atom stereocenters. The molecule has 0 aliphatic carbocycles. The van der Waals surface area contributed by atoms with E-state index in [-0.39, 0.29) is 11.5 Å². The molecule has 0 saturated heterocycles. The van der Waals surface area contributed by atoms with Crippen molar-refractivity contribution < 1.29 is 49.8 Å². The van der Waals surface area contributed by atoms with Crippen LogP contribution >= 0.6 is 0 Å². The lowest BCUT2D eigenvalue weighted by atomic mass is 9.99. The number of hydrogen-bond acceptors (Lipinski definition) is 5. The molecule has 39 heavy (non-hydrogen) atoms. The number of rotatable bonds is 9. The average molecular weight is 565 g/mol. The number of nitrogen functional groups attached to an aromatic ring is 1. The van der Waals surface area contributed by atoms with Crippen LogP contribution in [0, 0.1) is 5.82 Å². The van der Waals surface area contributed by atoms with Crippen LogP contribution in [0.25, 0.3) is 5.69 Å². The molecule has 0 aliphatic rings. The van der Waals surface area contributed by atoms with Crippen molar-refractivity contribution in [3.63, 3.8) is 0 Å². The fraction of sp³-hybridized carbons (Fsp3) is 0.261. The third-order valence-electron chi connectivity index (χ3n) is 5.56. The Balaban J connectivity index is 1.78. The molecule has 5 N–H and O–H groups in total. The normalized spacial score (nSPS) is 13.4. The fourth-order valence-electron chi connectivity index (χ4n) is 3.44. The third kappa shape index (κ3) is 6.27. The molecular weight excluding hydrogens is 546 g/mol. The Hall–Kier alpha value is -4.21. The summed E-state index contributed by atoms with van der Waals surface area (Å²) in [7, 11) is 0. The van der Waals surface area contributed by atoms with E-state index in [4.69, 9.17) is 5.73 Å². The molecule has 0 aliphatic heterocycles. The van der Waals surface area contributed by atoms with Gasteiger partial charge in [0.2, 0.25) is 0 Å². The first-order valence-electron chi connectivity index (χ1n) is 10.8. The van der Waals surface area contributed by atoms with Crippen LogP contribution < -0.4 is 16.4 Å². The standard InChI is InChI=1S/C23H19F8N5O3/c24-11-4-6-12(7-5-11)36-19(32)15(8-35-36)20(37)33-9-22(39,23(29,30)31)10-34-21(38)16-13(17(25)26)2-1-3-14(16)18(27)28/h1-8,17-18,39H,9-10,32H2,(H,33,37)(H,34,38)/t22-/m0/s1. The summed E-state index contributed by atoms with van der Waals surface area (Å²) in [6.07, 6.45) is -11.4. The number of anilines is 1. The maximum atomic E-state index is 13.7. The molecule has 0 bridgehead atoms. The van der Waals surface area contributed by atoms with Gasteiger partial charge in [-0.25, -0.2) is 26.6 Å².